The summed E-state index contributed by atoms with van der Waals surface area (Å²) in [6, 6.07) is 1.73. The van der Waals surface area contributed by atoms with Crippen molar-refractivity contribution in [3.63, 3.8) is 0 Å². The number of anilines is 1. The molecule has 7 nitrogen and oxygen atoms in total. The molecule has 1 fully saturated rings. The highest BCUT2D eigenvalue weighted by molar-refractivity contribution is 5.80. The Bertz CT molecular complexity index is 656. The molecule has 1 amide bonds. The van der Waals surface area contributed by atoms with Crippen molar-refractivity contribution in [1.29, 1.82) is 0 Å². The molecular weight excluding hydrogens is 292 g/mol. The third-order valence-electron chi connectivity index (χ3n) is 4.33. The van der Waals surface area contributed by atoms with E-state index in [1.807, 2.05) is 30.3 Å². The Hall–Kier alpha value is -2.44. The number of carbonyl (C=O) groups is 1. The number of hydrogen-bond donors (Lipinski definition) is 0. The van der Waals surface area contributed by atoms with Crippen molar-refractivity contribution in [3.8, 4) is 0 Å². The van der Waals surface area contributed by atoms with Crippen molar-refractivity contribution in [2.45, 2.75) is 26.3 Å². The van der Waals surface area contributed by atoms with Gasteiger partial charge < -0.3 is 9.80 Å². The van der Waals surface area contributed by atoms with E-state index in [-0.39, 0.29) is 11.9 Å². The van der Waals surface area contributed by atoms with Gasteiger partial charge in [-0.05, 0) is 31.9 Å². The van der Waals surface area contributed by atoms with Gasteiger partial charge in [0.1, 0.15) is 18.7 Å². The first-order chi connectivity index (χ1) is 11.2. The molecule has 23 heavy (non-hydrogen) atoms. The predicted octanol–water partition coefficient (Wildman–Crippen LogP) is 1.28. The molecule has 2 aromatic rings. The first-order valence-corrected chi connectivity index (χ1v) is 7.95. The van der Waals surface area contributed by atoms with Crippen molar-refractivity contribution in [2.24, 2.45) is 0 Å². The Labute approximate surface area is 135 Å². The molecule has 7 heteroatoms. The third kappa shape index (κ3) is 3.33. The summed E-state index contributed by atoms with van der Waals surface area (Å²) >= 11 is 0. The van der Waals surface area contributed by atoms with Gasteiger partial charge in [0, 0.05) is 44.3 Å². The Morgan fingerprint density at radius 1 is 1.22 bits per heavy atom. The average molecular weight is 314 g/mol. The van der Waals surface area contributed by atoms with Crippen LogP contribution in [0.3, 0.4) is 0 Å². The van der Waals surface area contributed by atoms with E-state index in [1.165, 1.54) is 17.6 Å². The van der Waals surface area contributed by atoms with Crippen LogP contribution in [0.2, 0.25) is 0 Å². The first kappa shape index (κ1) is 15.5. The molecule has 1 aliphatic heterocycles. The van der Waals surface area contributed by atoms with Crippen LogP contribution < -0.4 is 4.90 Å². The number of amides is 1. The largest absolute Gasteiger partial charge is 0.369 e. The summed E-state index contributed by atoms with van der Waals surface area (Å²) in [5.74, 6) is 0.101. The minimum Gasteiger partial charge on any atom is -0.369 e. The minimum absolute atomic E-state index is 0.101. The SMILES string of the molecule is Cc1cnccc1N1CCCN(C(=O)C(C)n2cncn2)CC1. The minimum atomic E-state index is -0.313. The van der Waals surface area contributed by atoms with Crippen LogP contribution in [0.1, 0.15) is 24.9 Å². The molecule has 0 aromatic carbocycles. The van der Waals surface area contributed by atoms with Gasteiger partial charge in [-0.3, -0.25) is 9.78 Å². The molecule has 1 saturated heterocycles. The summed E-state index contributed by atoms with van der Waals surface area (Å²) in [7, 11) is 0. The van der Waals surface area contributed by atoms with Crippen LogP contribution in [0.5, 0.6) is 0 Å². The van der Waals surface area contributed by atoms with E-state index in [9.17, 15) is 4.79 Å². The van der Waals surface area contributed by atoms with Crippen molar-refractivity contribution in [1.82, 2.24) is 24.6 Å². The van der Waals surface area contributed by atoms with Crippen LogP contribution in [-0.2, 0) is 4.79 Å². The summed E-state index contributed by atoms with van der Waals surface area (Å²) in [6.45, 7) is 7.22. The Kier molecular flexibility index (Phi) is 4.55. The van der Waals surface area contributed by atoms with E-state index < -0.39 is 0 Å². The zero-order valence-corrected chi connectivity index (χ0v) is 13.6. The number of carbonyl (C=O) groups excluding carboxylic acids is 1. The van der Waals surface area contributed by atoms with Gasteiger partial charge in [0.05, 0.1) is 0 Å². The van der Waals surface area contributed by atoms with Crippen molar-refractivity contribution < 1.29 is 4.79 Å². The molecule has 1 unspecified atom stereocenters. The molecule has 0 N–H and O–H groups in total. The number of pyridine rings is 1. The molecule has 3 rings (SSSR count). The maximum absolute atomic E-state index is 12.7. The molecule has 0 bridgehead atoms. The second kappa shape index (κ2) is 6.76. The number of rotatable bonds is 3. The molecule has 1 aliphatic rings. The fraction of sp³-hybridized carbons (Fsp3) is 0.500. The van der Waals surface area contributed by atoms with E-state index in [0.29, 0.717) is 0 Å². The smallest absolute Gasteiger partial charge is 0.247 e. The van der Waals surface area contributed by atoms with Crippen LogP contribution in [0.15, 0.2) is 31.1 Å². The summed E-state index contributed by atoms with van der Waals surface area (Å²) < 4.78 is 1.61. The number of aromatic nitrogens is 4. The predicted molar refractivity (Wildman–Crippen MR) is 87.1 cm³/mol. The Morgan fingerprint density at radius 2 is 2.09 bits per heavy atom. The van der Waals surface area contributed by atoms with Gasteiger partial charge in [-0.1, -0.05) is 0 Å². The van der Waals surface area contributed by atoms with Gasteiger partial charge in [-0.2, -0.15) is 5.10 Å². The maximum atomic E-state index is 12.7. The molecule has 122 valence electrons. The molecule has 1 atom stereocenters. The highest BCUT2D eigenvalue weighted by atomic mass is 16.2. The molecule has 0 saturated carbocycles. The van der Waals surface area contributed by atoms with Crippen molar-refractivity contribution in [2.75, 3.05) is 31.1 Å². The summed E-state index contributed by atoms with van der Waals surface area (Å²) in [4.78, 5) is 25.0. The number of nitrogens with zero attached hydrogens (tertiary/aromatic N) is 6. The van der Waals surface area contributed by atoms with Crippen molar-refractivity contribution >= 4 is 11.6 Å². The number of hydrogen-bond acceptors (Lipinski definition) is 5. The van der Waals surface area contributed by atoms with E-state index >= 15 is 0 Å². The zero-order chi connectivity index (χ0) is 16.2. The van der Waals surface area contributed by atoms with Crippen LogP contribution in [0.25, 0.3) is 0 Å². The van der Waals surface area contributed by atoms with Crippen LogP contribution in [-0.4, -0.2) is 56.7 Å². The van der Waals surface area contributed by atoms with Gasteiger partial charge in [0.2, 0.25) is 5.91 Å². The third-order valence-corrected chi connectivity index (χ3v) is 4.33. The van der Waals surface area contributed by atoms with Gasteiger partial charge in [0.15, 0.2) is 0 Å². The lowest BCUT2D eigenvalue weighted by Crippen LogP contribution is -2.39. The maximum Gasteiger partial charge on any atom is 0.247 e. The molecule has 2 aromatic heterocycles. The molecule has 0 radical (unpaired) electrons. The second-order valence-corrected chi connectivity index (χ2v) is 5.88. The average Bonchev–Trinajstić information content (AvgIpc) is 2.99. The second-order valence-electron chi connectivity index (χ2n) is 5.88. The highest BCUT2D eigenvalue weighted by Gasteiger charge is 2.25. The zero-order valence-electron chi connectivity index (χ0n) is 13.6. The van der Waals surface area contributed by atoms with E-state index in [0.717, 1.165) is 32.6 Å². The monoisotopic (exact) mass is 314 g/mol. The fourth-order valence-electron chi connectivity index (χ4n) is 2.99. The quantitative estimate of drug-likeness (QED) is 0.854. The van der Waals surface area contributed by atoms with E-state index in [2.05, 4.69) is 26.9 Å². The van der Waals surface area contributed by atoms with E-state index in [1.54, 1.807) is 11.0 Å². The lowest BCUT2D eigenvalue weighted by Gasteiger charge is -2.26. The normalized spacial score (nSPS) is 17.0. The summed E-state index contributed by atoms with van der Waals surface area (Å²) in [5, 5.41) is 4.07. The summed E-state index contributed by atoms with van der Waals surface area (Å²) in [5.41, 5.74) is 2.38. The molecule has 0 aliphatic carbocycles. The van der Waals surface area contributed by atoms with Gasteiger partial charge in [-0.15, -0.1) is 0 Å². The van der Waals surface area contributed by atoms with Gasteiger partial charge in [0.25, 0.3) is 0 Å². The lowest BCUT2D eigenvalue weighted by molar-refractivity contribution is -0.134. The standard InChI is InChI=1S/C16H22N6O/c1-13-10-17-5-4-15(13)20-6-3-7-21(9-8-20)16(23)14(2)22-12-18-11-19-22/h4-5,10-12,14H,3,6-9H2,1-2H3. The Morgan fingerprint density at radius 3 is 2.83 bits per heavy atom. The molecule has 0 spiro atoms. The molecule has 3 heterocycles. The van der Waals surface area contributed by atoms with Gasteiger partial charge >= 0.3 is 0 Å². The van der Waals surface area contributed by atoms with Crippen LogP contribution >= 0.6 is 0 Å². The number of aryl methyl sites for hydroxylation is 1. The Balaban J connectivity index is 1.67. The fourth-order valence-corrected chi connectivity index (χ4v) is 2.99. The van der Waals surface area contributed by atoms with Crippen LogP contribution in [0.4, 0.5) is 5.69 Å². The van der Waals surface area contributed by atoms with E-state index in [4.69, 9.17) is 0 Å². The van der Waals surface area contributed by atoms with Gasteiger partial charge in [-0.25, -0.2) is 9.67 Å². The van der Waals surface area contributed by atoms with Crippen LogP contribution in [0, 0.1) is 6.92 Å². The first-order valence-electron chi connectivity index (χ1n) is 7.95. The van der Waals surface area contributed by atoms with Crippen molar-refractivity contribution in [3.05, 3.63) is 36.7 Å². The summed E-state index contributed by atoms with van der Waals surface area (Å²) in [6.07, 6.45) is 7.71. The topological polar surface area (TPSA) is 67.2 Å². The highest BCUT2D eigenvalue weighted by Crippen LogP contribution is 2.20. The molecular formula is C16H22N6O. The lowest BCUT2D eigenvalue weighted by atomic mass is 10.2.